The number of sulfone groups is 1. The summed E-state index contributed by atoms with van der Waals surface area (Å²) in [6.45, 7) is 8.39. The summed E-state index contributed by atoms with van der Waals surface area (Å²) in [7, 11) is -10.7. The molecule has 3 heterocycles. The third kappa shape index (κ3) is 9.85. The van der Waals surface area contributed by atoms with Crippen LogP contribution >= 0.6 is 11.8 Å². The van der Waals surface area contributed by atoms with E-state index in [-0.39, 0.29) is 37.1 Å². The van der Waals surface area contributed by atoms with Gasteiger partial charge >= 0.3 is 11.6 Å². The molecule has 51 heavy (non-hydrogen) atoms. The molecule has 14 nitrogen and oxygen atoms in total. The molecule has 20 heteroatoms. The highest BCUT2D eigenvalue weighted by Crippen LogP contribution is 2.37. The largest absolute Gasteiger partial charge is 0.501 e. The third-order valence-corrected chi connectivity index (χ3v) is 12.0. The number of nitrogens with one attached hydrogen (secondary N) is 2. The lowest BCUT2D eigenvalue weighted by Gasteiger charge is -2.30. The number of alkyl halides is 3. The van der Waals surface area contributed by atoms with Crippen molar-refractivity contribution in [2.75, 3.05) is 55.2 Å². The molecule has 280 valence electrons. The summed E-state index contributed by atoms with van der Waals surface area (Å²) in [5.41, 5.74) is -6.83. The second-order valence-corrected chi connectivity index (χ2v) is 17.6. The molecule has 1 aromatic heterocycles. The number of anilines is 2. The Morgan fingerprint density at radius 1 is 1.00 bits per heavy atom. The van der Waals surface area contributed by atoms with Gasteiger partial charge in [-0.15, -0.1) is 22.0 Å². The van der Waals surface area contributed by atoms with E-state index in [1.165, 1.54) is 21.2 Å². The maximum atomic E-state index is 14.0. The summed E-state index contributed by atoms with van der Waals surface area (Å²) in [5, 5.41) is 10.8. The summed E-state index contributed by atoms with van der Waals surface area (Å²) in [4.78, 5) is 15.0. The number of hydrogen-bond acceptors (Lipinski definition) is 12. The molecule has 0 saturated carbocycles. The van der Waals surface area contributed by atoms with Crippen LogP contribution < -0.4 is 10.0 Å². The Bertz CT molecular complexity index is 1900. The molecule has 1 fully saturated rings. The first-order valence-corrected chi connectivity index (χ1v) is 20.0. The molecular formula is C31H40F3N7O7S3. The number of benzene rings is 2. The van der Waals surface area contributed by atoms with Crippen molar-refractivity contribution < 1.29 is 44.3 Å². The Morgan fingerprint density at radius 3 is 2.37 bits per heavy atom. The van der Waals surface area contributed by atoms with Gasteiger partial charge in [-0.25, -0.2) is 26.4 Å². The van der Waals surface area contributed by atoms with Gasteiger partial charge in [-0.2, -0.15) is 13.2 Å². The lowest BCUT2D eigenvalue weighted by molar-refractivity contribution is -0.0436. The number of hydrogen-bond donors (Lipinski definition) is 2. The minimum Gasteiger partial charge on any atom is -0.444 e. The van der Waals surface area contributed by atoms with Gasteiger partial charge in [0.2, 0.25) is 5.95 Å². The van der Waals surface area contributed by atoms with Crippen LogP contribution in [-0.2, 0) is 42.4 Å². The molecule has 1 atom stereocenters. The third-order valence-electron chi connectivity index (χ3n) is 7.94. The van der Waals surface area contributed by atoms with E-state index in [1.807, 2.05) is 30.3 Å². The molecule has 2 aliphatic heterocycles. The van der Waals surface area contributed by atoms with Crippen LogP contribution in [0.4, 0.5) is 29.6 Å². The Labute approximate surface area is 299 Å². The van der Waals surface area contributed by atoms with Gasteiger partial charge in [-0.1, -0.05) is 18.2 Å². The molecule has 0 unspecified atom stereocenters. The molecular weight excluding hydrogens is 736 g/mol. The number of ether oxygens (including phenoxy) is 2. The zero-order valence-corrected chi connectivity index (χ0v) is 30.7. The standard InChI is InChI=1S/C31H40F3N7O7S3/c1-30(2,3)48-29(42)40-13-14-41-27(20-40)36-37-28(41)38-51(45,46)24-9-10-25(26(19-24)50(43,44)31(32,33)34)35-22(11-12-39-15-17-47-18-16-39)21-49-23-7-5-4-6-8-23/h4-10,19,22,35H,11-18,20-21H2,1-3H3,(H,37,38)/t22-/m1/s1. The van der Waals surface area contributed by atoms with Crippen molar-refractivity contribution in [1.82, 2.24) is 24.6 Å². The van der Waals surface area contributed by atoms with E-state index in [1.54, 1.807) is 20.8 Å². The highest BCUT2D eigenvalue weighted by Gasteiger charge is 2.48. The van der Waals surface area contributed by atoms with Gasteiger partial charge in [0.25, 0.3) is 19.9 Å². The monoisotopic (exact) mass is 775 g/mol. The van der Waals surface area contributed by atoms with Crippen molar-refractivity contribution in [2.45, 2.75) is 72.1 Å². The number of thioether (sulfide) groups is 1. The number of nitrogens with zero attached hydrogens (tertiary/aromatic N) is 5. The Morgan fingerprint density at radius 2 is 1.71 bits per heavy atom. The average Bonchev–Trinajstić information content (AvgIpc) is 3.46. The van der Waals surface area contributed by atoms with E-state index in [9.17, 15) is 34.8 Å². The van der Waals surface area contributed by atoms with E-state index in [4.69, 9.17) is 9.47 Å². The van der Waals surface area contributed by atoms with Crippen LogP contribution in [0.5, 0.6) is 0 Å². The van der Waals surface area contributed by atoms with Gasteiger partial charge < -0.3 is 14.8 Å². The molecule has 1 amide bonds. The maximum Gasteiger partial charge on any atom is 0.501 e. The molecule has 5 rings (SSSR count). The number of carbonyl (C=O) groups is 1. The second-order valence-electron chi connectivity index (χ2n) is 12.9. The number of sulfonamides is 1. The summed E-state index contributed by atoms with van der Waals surface area (Å²) in [6, 6.07) is 11.4. The smallest absolute Gasteiger partial charge is 0.444 e. The van der Waals surface area contributed by atoms with Crippen molar-refractivity contribution in [2.24, 2.45) is 0 Å². The van der Waals surface area contributed by atoms with Crippen molar-refractivity contribution in [3.05, 3.63) is 54.4 Å². The van der Waals surface area contributed by atoms with Gasteiger partial charge in [-0.3, -0.25) is 14.4 Å². The minimum absolute atomic E-state index is 0.0345. The second kappa shape index (κ2) is 15.6. The lowest BCUT2D eigenvalue weighted by atomic mass is 10.2. The fourth-order valence-electron chi connectivity index (χ4n) is 5.32. The number of morpholine rings is 1. The molecule has 3 aromatic rings. The van der Waals surface area contributed by atoms with Crippen LogP contribution in [0.15, 0.2) is 63.2 Å². The highest BCUT2D eigenvalue weighted by atomic mass is 32.2. The van der Waals surface area contributed by atoms with Crippen LogP contribution in [0.2, 0.25) is 0 Å². The quantitative estimate of drug-likeness (QED) is 0.250. The molecule has 0 spiro atoms. The molecule has 0 aliphatic carbocycles. The van der Waals surface area contributed by atoms with Crippen LogP contribution in [0.3, 0.4) is 0 Å². The number of carbonyl (C=O) groups excluding carboxylic acids is 1. The van der Waals surface area contributed by atoms with Crippen molar-refractivity contribution in [3.8, 4) is 0 Å². The molecule has 1 saturated heterocycles. The predicted molar refractivity (Wildman–Crippen MR) is 184 cm³/mol. The Kier molecular flexibility index (Phi) is 11.8. The number of aromatic nitrogens is 3. The molecule has 2 N–H and O–H groups in total. The zero-order valence-electron chi connectivity index (χ0n) is 28.2. The van der Waals surface area contributed by atoms with Crippen LogP contribution in [0.1, 0.15) is 33.0 Å². The van der Waals surface area contributed by atoms with Gasteiger partial charge in [0.15, 0.2) is 5.82 Å². The van der Waals surface area contributed by atoms with Crippen LogP contribution in [-0.4, -0.2) is 110 Å². The first kappa shape index (κ1) is 38.6. The van der Waals surface area contributed by atoms with Crippen molar-refractivity contribution in [1.29, 1.82) is 0 Å². The summed E-state index contributed by atoms with van der Waals surface area (Å²) in [5.74, 6) is 0.365. The van der Waals surface area contributed by atoms with Gasteiger partial charge in [0, 0.05) is 49.4 Å². The molecule has 2 aliphatic rings. The summed E-state index contributed by atoms with van der Waals surface area (Å²) >= 11 is 1.45. The van der Waals surface area contributed by atoms with E-state index in [0.717, 1.165) is 17.0 Å². The van der Waals surface area contributed by atoms with Gasteiger partial charge in [0.1, 0.15) is 10.5 Å². The highest BCUT2D eigenvalue weighted by molar-refractivity contribution is 7.99. The van der Waals surface area contributed by atoms with E-state index < -0.39 is 52.9 Å². The zero-order chi connectivity index (χ0) is 37.0. The fraction of sp³-hybridized carbons (Fsp3) is 0.516. The Balaban J connectivity index is 1.40. The van der Waals surface area contributed by atoms with Gasteiger partial charge in [-0.05, 0) is 57.5 Å². The van der Waals surface area contributed by atoms with E-state index in [2.05, 4.69) is 25.1 Å². The lowest BCUT2D eigenvalue weighted by Crippen LogP contribution is -2.41. The summed E-state index contributed by atoms with van der Waals surface area (Å²) < 4.78 is 109. The maximum absolute atomic E-state index is 14.0. The Hall–Kier alpha value is -3.59. The fourth-order valence-corrected chi connectivity index (χ4v) is 8.37. The SMILES string of the molecule is CC(C)(C)OC(=O)N1CCn2c(nnc2NS(=O)(=O)c2ccc(N[C@H](CCN3CCOCC3)CSc3ccccc3)c(S(=O)(=O)C(F)(F)F)c2)C1. The molecule has 2 aromatic carbocycles. The molecule has 0 radical (unpaired) electrons. The number of amides is 1. The summed E-state index contributed by atoms with van der Waals surface area (Å²) in [6.07, 6.45) is -0.135. The first-order chi connectivity index (χ1) is 23.9. The van der Waals surface area contributed by atoms with Crippen molar-refractivity contribution in [3.63, 3.8) is 0 Å². The van der Waals surface area contributed by atoms with Gasteiger partial charge in [0.05, 0.1) is 30.3 Å². The molecule has 0 bridgehead atoms. The average molecular weight is 776 g/mol. The topological polar surface area (TPSA) is 165 Å². The van der Waals surface area contributed by atoms with E-state index in [0.29, 0.717) is 51.1 Å². The van der Waals surface area contributed by atoms with E-state index >= 15 is 0 Å². The van der Waals surface area contributed by atoms with Crippen LogP contribution in [0, 0.1) is 0 Å². The number of fused-ring (bicyclic) bond motifs is 1. The number of rotatable bonds is 12. The minimum atomic E-state index is -6.01. The first-order valence-electron chi connectivity index (χ1n) is 16.1. The number of halogens is 3. The van der Waals surface area contributed by atoms with Crippen LogP contribution in [0.25, 0.3) is 0 Å². The normalized spacial score (nSPS) is 16.7. The van der Waals surface area contributed by atoms with Crippen molar-refractivity contribution >= 4 is 49.4 Å². The predicted octanol–water partition coefficient (Wildman–Crippen LogP) is 4.42.